The summed E-state index contributed by atoms with van der Waals surface area (Å²) in [6.45, 7) is 4.10. The average Bonchev–Trinajstić information content (AvgIpc) is 2.20. The summed E-state index contributed by atoms with van der Waals surface area (Å²) in [5.41, 5.74) is 6.60. The normalized spacial score (nSPS) is 12.8. The Morgan fingerprint density at radius 3 is 2.81 bits per heavy atom. The molecule has 4 heteroatoms. The van der Waals surface area contributed by atoms with Gasteiger partial charge in [0.05, 0.1) is 11.1 Å². The number of aromatic nitrogens is 1. The van der Waals surface area contributed by atoms with Crippen molar-refractivity contribution in [2.24, 2.45) is 11.7 Å². The van der Waals surface area contributed by atoms with E-state index in [0.29, 0.717) is 17.4 Å². The van der Waals surface area contributed by atoms with Gasteiger partial charge in [0.15, 0.2) is 5.78 Å². The van der Waals surface area contributed by atoms with Gasteiger partial charge in [-0.25, -0.2) is 0 Å². The van der Waals surface area contributed by atoms with E-state index in [-0.39, 0.29) is 12.2 Å². The number of hydrogen-bond donors (Lipinski definition) is 1. The number of Topliss-reactive ketones (excluding diaryl/α,β-unsaturated/α-hetero) is 1. The second-order valence-electron chi connectivity index (χ2n) is 4.35. The quantitative estimate of drug-likeness (QED) is 0.859. The van der Waals surface area contributed by atoms with E-state index in [1.54, 1.807) is 12.3 Å². The van der Waals surface area contributed by atoms with E-state index in [0.717, 1.165) is 5.56 Å². The molecule has 0 bridgehead atoms. The number of rotatable bonds is 5. The molecule has 0 aliphatic carbocycles. The molecule has 88 valence electrons. The second kappa shape index (κ2) is 5.97. The molecule has 0 aliphatic heterocycles. The van der Waals surface area contributed by atoms with Crippen molar-refractivity contribution >= 4 is 17.4 Å². The standard InChI is InChI=1S/C12H17ClN2O/c1-8(2)5-11(14)12(16)6-9-3-4-15-7-10(9)13/h3-4,7-8,11H,5-6,14H2,1-2H3. The number of carbonyl (C=O) groups is 1. The minimum atomic E-state index is -0.399. The Kier molecular flexibility index (Phi) is 4.90. The molecule has 0 fully saturated rings. The predicted molar refractivity (Wildman–Crippen MR) is 65.4 cm³/mol. The highest BCUT2D eigenvalue weighted by molar-refractivity contribution is 6.31. The monoisotopic (exact) mass is 240 g/mol. The molecule has 0 saturated carbocycles. The molecule has 1 rings (SSSR count). The zero-order valence-electron chi connectivity index (χ0n) is 9.61. The van der Waals surface area contributed by atoms with Gasteiger partial charge in [-0.05, 0) is 24.0 Å². The fourth-order valence-electron chi connectivity index (χ4n) is 1.51. The lowest BCUT2D eigenvalue weighted by Gasteiger charge is -2.13. The molecule has 3 nitrogen and oxygen atoms in total. The minimum absolute atomic E-state index is 0.0294. The van der Waals surface area contributed by atoms with Gasteiger partial charge in [0, 0.05) is 18.8 Å². The molecular formula is C12H17ClN2O. The third-order valence-electron chi connectivity index (χ3n) is 2.36. The molecular weight excluding hydrogens is 224 g/mol. The van der Waals surface area contributed by atoms with Gasteiger partial charge in [-0.3, -0.25) is 9.78 Å². The molecule has 1 aromatic heterocycles. The number of carbonyl (C=O) groups excluding carboxylic acids is 1. The topological polar surface area (TPSA) is 56.0 Å². The highest BCUT2D eigenvalue weighted by Gasteiger charge is 2.16. The summed E-state index contributed by atoms with van der Waals surface area (Å²) >= 11 is 5.92. The van der Waals surface area contributed by atoms with Crippen molar-refractivity contribution in [2.75, 3.05) is 0 Å². The van der Waals surface area contributed by atoms with Crippen LogP contribution in [0, 0.1) is 5.92 Å². The number of halogens is 1. The molecule has 0 amide bonds. The number of nitrogens with two attached hydrogens (primary N) is 1. The first kappa shape index (κ1) is 13.1. The molecule has 0 aromatic carbocycles. The first-order valence-electron chi connectivity index (χ1n) is 5.37. The fourth-order valence-corrected chi connectivity index (χ4v) is 1.69. The van der Waals surface area contributed by atoms with Gasteiger partial charge < -0.3 is 5.73 Å². The van der Waals surface area contributed by atoms with Crippen molar-refractivity contribution < 1.29 is 4.79 Å². The maximum absolute atomic E-state index is 11.8. The largest absolute Gasteiger partial charge is 0.321 e. The van der Waals surface area contributed by atoms with Crippen LogP contribution in [-0.2, 0) is 11.2 Å². The maximum Gasteiger partial charge on any atom is 0.153 e. The van der Waals surface area contributed by atoms with Crippen molar-refractivity contribution in [2.45, 2.75) is 32.7 Å². The molecule has 16 heavy (non-hydrogen) atoms. The first-order valence-corrected chi connectivity index (χ1v) is 5.75. The number of hydrogen-bond acceptors (Lipinski definition) is 3. The number of ketones is 1. The Hall–Kier alpha value is -0.930. The second-order valence-corrected chi connectivity index (χ2v) is 4.75. The molecule has 0 aliphatic rings. The lowest BCUT2D eigenvalue weighted by molar-refractivity contribution is -0.120. The SMILES string of the molecule is CC(C)CC(N)C(=O)Cc1ccncc1Cl. The zero-order chi connectivity index (χ0) is 12.1. The van der Waals surface area contributed by atoms with Crippen molar-refractivity contribution in [1.82, 2.24) is 4.98 Å². The van der Waals surface area contributed by atoms with Crippen LogP contribution >= 0.6 is 11.6 Å². The highest BCUT2D eigenvalue weighted by atomic mass is 35.5. The summed E-state index contributed by atoms with van der Waals surface area (Å²) in [7, 11) is 0. The Morgan fingerprint density at radius 2 is 2.25 bits per heavy atom. The van der Waals surface area contributed by atoms with Crippen LogP contribution < -0.4 is 5.73 Å². The first-order chi connectivity index (χ1) is 7.50. The van der Waals surface area contributed by atoms with Crippen molar-refractivity contribution in [3.05, 3.63) is 29.0 Å². The summed E-state index contributed by atoms with van der Waals surface area (Å²) < 4.78 is 0. The number of nitrogens with zero attached hydrogens (tertiary/aromatic N) is 1. The third kappa shape index (κ3) is 3.91. The third-order valence-corrected chi connectivity index (χ3v) is 2.70. The lowest BCUT2D eigenvalue weighted by atomic mass is 9.97. The highest BCUT2D eigenvalue weighted by Crippen LogP contribution is 2.15. The van der Waals surface area contributed by atoms with Crippen molar-refractivity contribution in [3.63, 3.8) is 0 Å². The van der Waals surface area contributed by atoms with Crippen LogP contribution in [0.25, 0.3) is 0 Å². The Balaban J connectivity index is 2.61. The van der Waals surface area contributed by atoms with E-state index in [4.69, 9.17) is 17.3 Å². The van der Waals surface area contributed by atoms with E-state index < -0.39 is 6.04 Å². The van der Waals surface area contributed by atoms with Gasteiger partial charge in [-0.1, -0.05) is 25.4 Å². The molecule has 0 saturated heterocycles. The van der Waals surface area contributed by atoms with E-state index in [1.165, 1.54) is 6.20 Å². The van der Waals surface area contributed by atoms with Gasteiger partial charge in [0.1, 0.15) is 0 Å². The molecule has 0 spiro atoms. The minimum Gasteiger partial charge on any atom is -0.321 e. The van der Waals surface area contributed by atoms with Crippen LogP contribution in [0.4, 0.5) is 0 Å². The molecule has 1 aromatic rings. The Bertz CT molecular complexity index is 366. The Labute approximate surface area is 101 Å². The van der Waals surface area contributed by atoms with Gasteiger partial charge in [-0.2, -0.15) is 0 Å². The summed E-state index contributed by atoms with van der Waals surface area (Å²) in [5.74, 6) is 0.452. The van der Waals surface area contributed by atoms with Crippen LogP contribution in [0.1, 0.15) is 25.8 Å². The van der Waals surface area contributed by atoms with Crippen molar-refractivity contribution in [1.29, 1.82) is 0 Å². The van der Waals surface area contributed by atoms with Crippen molar-refractivity contribution in [3.8, 4) is 0 Å². The zero-order valence-corrected chi connectivity index (χ0v) is 10.4. The van der Waals surface area contributed by atoms with Crippen LogP contribution in [-0.4, -0.2) is 16.8 Å². The van der Waals surface area contributed by atoms with Crippen LogP contribution in [0.5, 0.6) is 0 Å². The molecule has 0 radical (unpaired) electrons. The lowest BCUT2D eigenvalue weighted by Crippen LogP contribution is -2.33. The van der Waals surface area contributed by atoms with E-state index in [9.17, 15) is 4.79 Å². The summed E-state index contributed by atoms with van der Waals surface area (Å²) in [6.07, 6.45) is 4.16. The summed E-state index contributed by atoms with van der Waals surface area (Å²) in [6, 6.07) is 1.35. The Morgan fingerprint density at radius 1 is 1.56 bits per heavy atom. The van der Waals surface area contributed by atoms with Gasteiger partial charge in [-0.15, -0.1) is 0 Å². The van der Waals surface area contributed by atoms with E-state index in [2.05, 4.69) is 4.98 Å². The molecule has 1 heterocycles. The maximum atomic E-state index is 11.8. The van der Waals surface area contributed by atoms with E-state index >= 15 is 0 Å². The fraction of sp³-hybridized carbons (Fsp3) is 0.500. The smallest absolute Gasteiger partial charge is 0.153 e. The van der Waals surface area contributed by atoms with Crippen LogP contribution in [0.3, 0.4) is 0 Å². The average molecular weight is 241 g/mol. The van der Waals surface area contributed by atoms with Gasteiger partial charge in [0.25, 0.3) is 0 Å². The number of pyridine rings is 1. The van der Waals surface area contributed by atoms with Gasteiger partial charge in [0.2, 0.25) is 0 Å². The van der Waals surface area contributed by atoms with Crippen LogP contribution in [0.15, 0.2) is 18.5 Å². The van der Waals surface area contributed by atoms with E-state index in [1.807, 2.05) is 13.8 Å². The summed E-state index contributed by atoms with van der Waals surface area (Å²) in [5, 5.41) is 0.521. The van der Waals surface area contributed by atoms with Gasteiger partial charge >= 0.3 is 0 Å². The molecule has 2 N–H and O–H groups in total. The molecule has 1 atom stereocenters. The summed E-state index contributed by atoms with van der Waals surface area (Å²) in [4.78, 5) is 15.7. The molecule has 1 unspecified atom stereocenters. The predicted octanol–water partition coefficient (Wildman–Crippen LogP) is 2.22. The van der Waals surface area contributed by atoms with Crippen LogP contribution in [0.2, 0.25) is 5.02 Å².